The van der Waals surface area contributed by atoms with Gasteiger partial charge in [0.1, 0.15) is 6.54 Å². The fourth-order valence-corrected chi connectivity index (χ4v) is 6.38. The molecule has 0 aliphatic carbocycles. The van der Waals surface area contributed by atoms with E-state index in [1.807, 2.05) is 7.05 Å². The minimum atomic E-state index is -0.880. The quantitative estimate of drug-likeness (QED) is 0.0398. The minimum Gasteiger partial charge on any atom is -1.00 e. The van der Waals surface area contributed by atoms with Crippen LogP contribution in [0.5, 0.6) is 0 Å². The van der Waals surface area contributed by atoms with E-state index in [9.17, 15) is 14.7 Å². The van der Waals surface area contributed by atoms with E-state index in [1.54, 1.807) is 0 Å². The molecule has 0 aliphatic rings. The number of carbonyl (C=O) groups excluding carboxylic acids is 2. The average molecular weight is 705 g/mol. The van der Waals surface area contributed by atoms with Gasteiger partial charge in [0, 0.05) is 12.8 Å². The highest BCUT2D eigenvalue weighted by molar-refractivity contribution is 5.71. The number of nitrogens with one attached hydrogen (secondary N) is 1. The molecule has 0 aromatic rings. The van der Waals surface area contributed by atoms with E-state index < -0.39 is 6.29 Å². The number of quaternary nitrogens is 1. The maximum atomic E-state index is 12.5. The lowest BCUT2D eigenvalue weighted by Crippen LogP contribution is -3.10. The Kier molecular flexibility index (Phi) is 41.6. The van der Waals surface area contributed by atoms with E-state index in [1.165, 1.54) is 154 Å². The van der Waals surface area contributed by atoms with Gasteiger partial charge in [-0.05, 0) is 12.8 Å². The van der Waals surface area contributed by atoms with Gasteiger partial charge in [0.15, 0.2) is 6.54 Å². The molecule has 6 nitrogen and oxygen atoms in total. The van der Waals surface area contributed by atoms with Crippen LogP contribution < -0.4 is 17.3 Å². The average Bonchev–Trinajstić information content (AvgIpc) is 3.04. The number of aliphatic hydroxyl groups excluding tert-OH is 1. The van der Waals surface area contributed by atoms with Crippen LogP contribution in [0.3, 0.4) is 0 Å². The largest absolute Gasteiger partial charge is 1.00 e. The van der Waals surface area contributed by atoms with Crippen molar-refractivity contribution in [2.45, 2.75) is 226 Å². The fourth-order valence-electron chi connectivity index (χ4n) is 6.38. The Morgan fingerprint density at radius 2 is 0.729 bits per heavy atom. The van der Waals surface area contributed by atoms with Crippen LogP contribution in [0.4, 0.5) is 0 Å². The molecule has 288 valence electrons. The van der Waals surface area contributed by atoms with Crippen LogP contribution >= 0.6 is 0 Å². The van der Waals surface area contributed by atoms with Crippen LogP contribution in [-0.2, 0) is 19.1 Å². The van der Waals surface area contributed by atoms with Crippen LogP contribution in [-0.4, -0.2) is 50.1 Å². The first-order valence-corrected chi connectivity index (χ1v) is 20.8. The topological polar surface area (TPSA) is 77.3 Å². The van der Waals surface area contributed by atoms with Crippen LogP contribution in [0, 0.1) is 0 Å². The lowest BCUT2D eigenvalue weighted by atomic mass is 10.0. The van der Waals surface area contributed by atoms with Gasteiger partial charge in [-0.3, -0.25) is 9.59 Å². The summed E-state index contributed by atoms with van der Waals surface area (Å²) >= 11 is 0. The Balaban J connectivity index is 0. The highest BCUT2D eigenvalue weighted by Crippen LogP contribution is 2.16. The van der Waals surface area contributed by atoms with Gasteiger partial charge in [-0.15, -0.1) is 0 Å². The molecule has 0 amide bonds. The van der Waals surface area contributed by atoms with Crippen LogP contribution in [0.1, 0.15) is 219 Å². The lowest BCUT2D eigenvalue weighted by Gasteiger charge is -2.21. The number of hydrogen-bond acceptors (Lipinski definition) is 5. The third kappa shape index (κ3) is 38.0. The molecular weight excluding hydrogens is 622 g/mol. The van der Waals surface area contributed by atoms with E-state index in [-0.39, 0.29) is 31.0 Å². The van der Waals surface area contributed by atoms with Crippen molar-refractivity contribution in [1.82, 2.24) is 0 Å². The second kappa shape index (κ2) is 40.6. The summed E-state index contributed by atoms with van der Waals surface area (Å²) in [5.74, 6) is -0.581. The SMILES string of the molecule is CCCCCCCCCCCCCCCCCC(=O)OC(C[NH+](C)CCO)OC(=O)CCCCCCCCCCCCCCCCC.[Cl-]. The standard InChI is InChI=1S/C41H81NO5.ClH/c1-4-6-8-10-12-14-16-18-20-22-24-26-28-30-32-34-39(44)46-41(38-42(3)36-37-43)47-40(45)35-33-31-29-27-25-23-21-19-17-15-13-11-9-7-5-2;/h41,43H,4-38H2,1-3H3;1H. The van der Waals surface area contributed by atoms with Gasteiger partial charge in [-0.2, -0.15) is 0 Å². The number of rotatable bonds is 38. The molecule has 0 aromatic carbocycles. The molecule has 0 saturated heterocycles. The van der Waals surface area contributed by atoms with Crippen molar-refractivity contribution in [3.8, 4) is 0 Å². The molecule has 0 spiro atoms. The maximum absolute atomic E-state index is 12.5. The summed E-state index contributed by atoms with van der Waals surface area (Å²) in [6.45, 7) is 5.46. The number of halogens is 1. The predicted molar refractivity (Wildman–Crippen MR) is 199 cm³/mol. The molecule has 1 atom stereocenters. The Bertz CT molecular complexity index is 617. The highest BCUT2D eigenvalue weighted by atomic mass is 35.5. The van der Waals surface area contributed by atoms with Crippen molar-refractivity contribution in [1.29, 1.82) is 0 Å². The van der Waals surface area contributed by atoms with Crippen molar-refractivity contribution in [3.63, 3.8) is 0 Å². The number of aliphatic hydroxyl groups is 1. The normalized spacial score (nSPS) is 11.9. The van der Waals surface area contributed by atoms with Crippen LogP contribution in [0.25, 0.3) is 0 Å². The van der Waals surface area contributed by atoms with Gasteiger partial charge in [0.2, 0.25) is 0 Å². The number of carbonyl (C=O) groups is 2. The molecule has 0 radical (unpaired) electrons. The summed E-state index contributed by atoms with van der Waals surface area (Å²) in [4.78, 5) is 26.1. The smallest absolute Gasteiger partial charge is 0.309 e. The summed E-state index contributed by atoms with van der Waals surface area (Å²) in [7, 11) is 1.91. The van der Waals surface area contributed by atoms with E-state index >= 15 is 0 Å². The van der Waals surface area contributed by atoms with Gasteiger partial charge in [0.05, 0.1) is 13.7 Å². The Hall–Kier alpha value is -0.850. The van der Waals surface area contributed by atoms with Crippen molar-refractivity contribution >= 4 is 11.9 Å². The van der Waals surface area contributed by atoms with E-state index in [0.29, 0.717) is 25.9 Å². The first-order valence-electron chi connectivity index (χ1n) is 20.8. The zero-order valence-electron chi connectivity index (χ0n) is 32.3. The minimum absolute atomic E-state index is 0. The molecule has 0 aromatic heterocycles. The number of esters is 2. The third-order valence-electron chi connectivity index (χ3n) is 9.55. The molecule has 0 saturated carbocycles. The van der Waals surface area contributed by atoms with Crippen molar-refractivity contribution in [3.05, 3.63) is 0 Å². The maximum Gasteiger partial charge on any atom is 0.309 e. The molecule has 0 rings (SSSR count). The van der Waals surface area contributed by atoms with Crippen LogP contribution in [0.15, 0.2) is 0 Å². The van der Waals surface area contributed by atoms with Gasteiger partial charge in [-0.25, -0.2) is 0 Å². The van der Waals surface area contributed by atoms with Crippen molar-refractivity contribution < 1.29 is 41.5 Å². The molecule has 0 aliphatic heterocycles. The molecule has 7 heteroatoms. The highest BCUT2D eigenvalue weighted by Gasteiger charge is 2.23. The monoisotopic (exact) mass is 704 g/mol. The summed E-state index contributed by atoms with van der Waals surface area (Å²) < 4.78 is 11.2. The molecule has 0 fully saturated rings. The zero-order valence-corrected chi connectivity index (χ0v) is 33.0. The second-order valence-electron chi connectivity index (χ2n) is 14.4. The molecule has 0 heterocycles. The number of ether oxygens (including phenoxy) is 2. The van der Waals surface area contributed by atoms with E-state index in [2.05, 4.69) is 13.8 Å². The lowest BCUT2D eigenvalue weighted by molar-refractivity contribution is -0.885. The van der Waals surface area contributed by atoms with E-state index in [0.717, 1.165) is 43.4 Å². The number of hydrogen-bond donors (Lipinski definition) is 2. The first kappa shape index (κ1) is 49.3. The number of unbranched alkanes of at least 4 members (excludes halogenated alkanes) is 28. The third-order valence-corrected chi connectivity index (χ3v) is 9.55. The molecular formula is C41H82ClNO5. The summed E-state index contributed by atoms with van der Waals surface area (Å²) in [5, 5.41) is 9.28. The molecule has 1 unspecified atom stereocenters. The van der Waals surface area contributed by atoms with Gasteiger partial charge >= 0.3 is 11.9 Å². The molecule has 2 N–H and O–H groups in total. The Morgan fingerprint density at radius 1 is 0.479 bits per heavy atom. The van der Waals surface area contributed by atoms with Gasteiger partial charge < -0.3 is 31.9 Å². The predicted octanol–water partition coefficient (Wildman–Crippen LogP) is 7.43. The number of likely N-dealkylation sites (N-methyl/N-ethyl adjacent to an activating group) is 1. The first-order chi connectivity index (χ1) is 23.0. The van der Waals surface area contributed by atoms with E-state index in [4.69, 9.17) is 9.47 Å². The Labute approximate surface area is 305 Å². The van der Waals surface area contributed by atoms with Crippen LogP contribution in [0.2, 0.25) is 0 Å². The Morgan fingerprint density at radius 3 is 0.979 bits per heavy atom. The molecule has 48 heavy (non-hydrogen) atoms. The van der Waals surface area contributed by atoms with Gasteiger partial charge in [0.25, 0.3) is 6.29 Å². The second-order valence-corrected chi connectivity index (χ2v) is 14.4. The molecule has 0 bridgehead atoms. The zero-order chi connectivity index (χ0) is 34.5. The van der Waals surface area contributed by atoms with Gasteiger partial charge in [-0.1, -0.05) is 194 Å². The van der Waals surface area contributed by atoms with Crippen molar-refractivity contribution in [2.24, 2.45) is 0 Å². The summed E-state index contributed by atoms with van der Waals surface area (Å²) in [6, 6.07) is 0. The summed E-state index contributed by atoms with van der Waals surface area (Å²) in [5.41, 5.74) is 0. The van der Waals surface area contributed by atoms with Crippen molar-refractivity contribution in [2.75, 3.05) is 26.7 Å². The summed E-state index contributed by atoms with van der Waals surface area (Å²) in [6.07, 6.45) is 38.5. The fraction of sp³-hybridized carbons (Fsp3) is 0.951.